The number of benzene rings is 2. The van der Waals surface area contributed by atoms with Crippen LogP contribution in [-0.2, 0) is 0 Å². The SMILES string of the molecule is Cc1cc(OC(F)(F)F)ccc1C(=O)c1cc(Cl)cc(C(=O)Cl)c1Cl. The number of carbonyl (C=O) groups excluding carboxylic acids is 2. The smallest absolute Gasteiger partial charge is 0.406 e. The van der Waals surface area contributed by atoms with E-state index in [1.165, 1.54) is 19.1 Å². The lowest BCUT2D eigenvalue weighted by atomic mass is 9.97. The van der Waals surface area contributed by atoms with E-state index in [0.29, 0.717) is 0 Å². The van der Waals surface area contributed by atoms with Crippen LogP contribution in [0.4, 0.5) is 13.2 Å². The highest BCUT2D eigenvalue weighted by atomic mass is 35.5. The van der Waals surface area contributed by atoms with Crippen LogP contribution in [0, 0.1) is 6.92 Å². The van der Waals surface area contributed by atoms with Gasteiger partial charge < -0.3 is 4.74 Å². The molecule has 2 aromatic carbocycles. The average Bonchev–Trinajstić information content (AvgIpc) is 2.46. The van der Waals surface area contributed by atoms with Crippen LogP contribution in [-0.4, -0.2) is 17.4 Å². The first-order chi connectivity index (χ1) is 11.5. The minimum Gasteiger partial charge on any atom is -0.406 e. The van der Waals surface area contributed by atoms with Crippen molar-refractivity contribution in [2.24, 2.45) is 0 Å². The Hall–Kier alpha value is -1.76. The molecule has 3 nitrogen and oxygen atoms in total. The van der Waals surface area contributed by atoms with Crippen LogP contribution < -0.4 is 4.74 Å². The number of rotatable bonds is 4. The van der Waals surface area contributed by atoms with E-state index in [2.05, 4.69) is 4.74 Å². The first-order valence-corrected chi connectivity index (χ1v) is 7.73. The van der Waals surface area contributed by atoms with E-state index in [4.69, 9.17) is 34.8 Å². The Labute approximate surface area is 155 Å². The third kappa shape index (κ3) is 4.66. The van der Waals surface area contributed by atoms with E-state index < -0.39 is 23.1 Å². The Morgan fingerprint density at radius 3 is 2.12 bits per heavy atom. The van der Waals surface area contributed by atoms with E-state index in [-0.39, 0.29) is 32.3 Å². The molecule has 2 rings (SSSR count). The topological polar surface area (TPSA) is 43.4 Å². The fraction of sp³-hybridized carbons (Fsp3) is 0.125. The lowest BCUT2D eigenvalue weighted by molar-refractivity contribution is -0.274. The molecule has 0 atom stereocenters. The van der Waals surface area contributed by atoms with Crippen molar-refractivity contribution < 1.29 is 27.5 Å². The number of alkyl halides is 3. The van der Waals surface area contributed by atoms with Gasteiger partial charge in [0, 0.05) is 16.1 Å². The van der Waals surface area contributed by atoms with Crippen molar-refractivity contribution in [1.82, 2.24) is 0 Å². The van der Waals surface area contributed by atoms with Gasteiger partial charge in [0.1, 0.15) is 5.75 Å². The van der Waals surface area contributed by atoms with Crippen molar-refractivity contribution in [3.05, 3.63) is 62.6 Å². The summed E-state index contributed by atoms with van der Waals surface area (Å²) in [6, 6.07) is 5.68. The monoisotopic (exact) mass is 410 g/mol. The highest BCUT2D eigenvalue weighted by molar-refractivity contribution is 6.69. The van der Waals surface area contributed by atoms with Crippen molar-refractivity contribution in [2.75, 3.05) is 0 Å². The van der Waals surface area contributed by atoms with Crippen molar-refractivity contribution in [2.45, 2.75) is 13.3 Å². The molecule has 0 aliphatic heterocycles. The largest absolute Gasteiger partial charge is 0.573 e. The summed E-state index contributed by atoms with van der Waals surface area (Å²) < 4.78 is 40.5. The summed E-state index contributed by atoms with van der Waals surface area (Å²) in [7, 11) is 0. The molecule has 0 saturated heterocycles. The maximum atomic E-state index is 12.7. The molecule has 132 valence electrons. The number of ketones is 1. The van der Waals surface area contributed by atoms with Gasteiger partial charge in [-0.05, 0) is 54.4 Å². The molecule has 0 aliphatic rings. The van der Waals surface area contributed by atoms with Gasteiger partial charge in [-0.15, -0.1) is 13.2 Å². The quantitative estimate of drug-likeness (QED) is 0.471. The summed E-state index contributed by atoms with van der Waals surface area (Å²) in [5.74, 6) is -1.09. The second-order valence-corrected chi connectivity index (χ2v) is 6.10. The Kier molecular flexibility index (Phi) is 5.66. The second kappa shape index (κ2) is 7.23. The molecule has 25 heavy (non-hydrogen) atoms. The molecular weight excluding hydrogens is 404 g/mol. The maximum absolute atomic E-state index is 12.7. The molecule has 0 aromatic heterocycles. The van der Waals surface area contributed by atoms with Crippen LogP contribution in [0.5, 0.6) is 5.75 Å². The first kappa shape index (κ1) is 19.6. The van der Waals surface area contributed by atoms with Crippen molar-refractivity contribution in [1.29, 1.82) is 0 Å². The summed E-state index contributed by atoms with van der Waals surface area (Å²) in [6.45, 7) is 1.43. The predicted octanol–water partition coefficient (Wildman–Crippen LogP) is 5.81. The van der Waals surface area contributed by atoms with Crippen LogP contribution in [0.3, 0.4) is 0 Å². The normalized spacial score (nSPS) is 11.3. The number of hydrogen-bond donors (Lipinski definition) is 0. The molecule has 0 fully saturated rings. The van der Waals surface area contributed by atoms with E-state index >= 15 is 0 Å². The molecular formula is C16H8Cl3F3O3. The number of carbonyl (C=O) groups is 2. The van der Waals surface area contributed by atoms with Gasteiger partial charge in [-0.2, -0.15) is 0 Å². The predicted molar refractivity (Wildman–Crippen MR) is 87.9 cm³/mol. The summed E-state index contributed by atoms with van der Waals surface area (Å²) in [5.41, 5.74) is 0.0628. The number of hydrogen-bond acceptors (Lipinski definition) is 3. The van der Waals surface area contributed by atoms with E-state index in [9.17, 15) is 22.8 Å². The van der Waals surface area contributed by atoms with Crippen LogP contribution in [0.1, 0.15) is 31.8 Å². The van der Waals surface area contributed by atoms with Gasteiger partial charge in [0.25, 0.3) is 5.24 Å². The Morgan fingerprint density at radius 2 is 1.60 bits per heavy atom. The third-order valence-corrected chi connectivity index (χ3v) is 4.00. The summed E-state index contributed by atoms with van der Waals surface area (Å²) >= 11 is 17.3. The zero-order valence-corrected chi connectivity index (χ0v) is 14.6. The van der Waals surface area contributed by atoms with Gasteiger partial charge in [0.2, 0.25) is 0 Å². The lowest BCUT2D eigenvalue weighted by Gasteiger charge is -2.12. The average molecular weight is 412 g/mol. The van der Waals surface area contributed by atoms with Crippen molar-refractivity contribution in [3.8, 4) is 5.75 Å². The molecule has 0 radical (unpaired) electrons. The van der Waals surface area contributed by atoms with Gasteiger partial charge in [0.05, 0.1) is 10.6 Å². The summed E-state index contributed by atoms with van der Waals surface area (Å²) in [5, 5.41) is -1.02. The van der Waals surface area contributed by atoms with Crippen molar-refractivity contribution >= 4 is 45.8 Å². The number of halogens is 6. The second-order valence-electron chi connectivity index (χ2n) is 4.94. The summed E-state index contributed by atoms with van der Waals surface area (Å²) in [6.07, 6.45) is -4.84. The molecule has 0 bridgehead atoms. The minimum atomic E-state index is -4.84. The Balaban J connectivity index is 2.47. The fourth-order valence-corrected chi connectivity index (χ4v) is 2.83. The number of aryl methyl sites for hydroxylation is 1. The van der Waals surface area contributed by atoms with Gasteiger partial charge >= 0.3 is 6.36 Å². The van der Waals surface area contributed by atoms with E-state index in [0.717, 1.165) is 18.2 Å². The molecule has 9 heteroatoms. The third-order valence-electron chi connectivity index (χ3n) is 3.17. The molecule has 0 amide bonds. The zero-order valence-electron chi connectivity index (χ0n) is 12.4. The standard InChI is InChI=1S/C16H8Cl3F3O3/c1-7-4-9(25-16(20,21)22)2-3-10(7)14(23)11-5-8(17)6-12(13(11)18)15(19)24/h2-6H,1H3. The maximum Gasteiger partial charge on any atom is 0.573 e. The highest BCUT2D eigenvalue weighted by Crippen LogP contribution is 2.31. The van der Waals surface area contributed by atoms with Crippen LogP contribution in [0.25, 0.3) is 0 Å². The molecule has 0 spiro atoms. The highest BCUT2D eigenvalue weighted by Gasteiger charge is 2.31. The molecule has 0 N–H and O–H groups in total. The molecule has 0 saturated carbocycles. The molecule has 2 aromatic rings. The lowest BCUT2D eigenvalue weighted by Crippen LogP contribution is -2.17. The molecule has 0 heterocycles. The van der Waals surface area contributed by atoms with Crippen LogP contribution in [0.15, 0.2) is 30.3 Å². The molecule has 0 unspecified atom stereocenters. The van der Waals surface area contributed by atoms with Crippen molar-refractivity contribution in [3.63, 3.8) is 0 Å². The minimum absolute atomic E-state index is 0.0615. The Morgan fingerprint density at radius 1 is 1.00 bits per heavy atom. The fourth-order valence-electron chi connectivity index (χ4n) is 2.13. The Bertz CT molecular complexity index is 864. The summed E-state index contributed by atoms with van der Waals surface area (Å²) in [4.78, 5) is 24.0. The molecule has 0 aliphatic carbocycles. The van der Waals surface area contributed by atoms with E-state index in [1.807, 2.05) is 0 Å². The van der Waals surface area contributed by atoms with Gasteiger partial charge in [-0.25, -0.2) is 0 Å². The first-order valence-electron chi connectivity index (χ1n) is 6.59. The van der Waals surface area contributed by atoms with Gasteiger partial charge in [-0.3, -0.25) is 9.59 Å². The van der Waals surface area contributed by atoms with Crippen LogP contribution >= 0.6 is 34.8 Å². The van der Waals surface area contributed by atoms with Crippen LogP contribution in [0.2, 0.25) is 10.0 Å². The van der Waals surface area contributed by atoms with E-state index in [1.54, 1.807) is 0 Å². The van der Waals surface area contributed by atoms with Gasteiger partial charge in [0.15, 0.2) is 5.78 Å². The zero-order chi connectivity index (χ0) is 18.9. The number of ether oxygens (including phenoxy) is 1. The van der Waals surface area contributed by atoms with Gasteiger partial charge in [-0.1, -0.05) is 23.2 Å².